The van der Waals surface area contributed by atoms with E-state index in [1.165, 1.54) is 4.90 Å². The highest BCUT2D eigenvalue weighted by Crippen LogP contribution is 2.31. The lowest BCUT2D eigenvalue weighted by atomic mass is 9.95. The van der Waals surface area contributed by atoms with Crippen molar-refractivity contribution in [3.8, 4) is 0 Å². The second-order valence-corrected chi connectivity index (χ2v) is 8.85. The fourth-order valence-electron chi connectivity index (χ4n) is 4.54. The highest BCUT2D eigenvalue weighted by Gasteiger charge is 2.39. The minimum atomic E-state index is -0.683. The van der Waals surface area contributed by atoms with E-state index in [-0.39, 0.29) is 24.3 Å². The number of urea groups is 1. The van der Waals surface area contributed by atoms with E-state index < -0.39 is 12.1 Å². The van der Waals surface area contributed by atoms with Crippen LogP contribution < -0.4 is 10.2 Å². The summed E-state index contributed by atoms with van der Waals surface area (Å²) in [5.41, 5.74) is 2.74. The molecule has 2 aliphatic rings. The third-order valence-electron chi connectivity index (χ3n) is 6.38. The van der Waals surface area contributed by atoms with Crippen molar-refractivity contribution < 1.29 is 14.4 Å². The van der Waals surface area contributed by atoms with Crippen LogP contribution in [0.25, 0.3) is 0 Å². The summed E-state index contributed by atoms with van der Waals surface area (Å²) in [4.78, 5) is 45.7. The van der Waals surface area contributed by atoms with Gasteiger partial charge in [-0.25, -0.2) is 9.69 Å². The van der Waals surface area contributed by atoms with Crippen LogP contribution in [0.4, 0.5) is 10.5 Å². The Balaban J connectivity index is 1.39. The number of benzene rings is 1. The molecule has 4 rings (SSSR count). The van der Waals surface area contributed by atoms with Gasteiger partial charge in [0, 0.05) is 25.4 Å². The Morgan fingerprint density at radius 1 is 1.16 bits per heavy atom. The van der Waals surface area contributed by atoms with Crippen molar-refractivity contribution in [1.29, 1.82) is 0 Å². The first-order chi connectivity index (χ1) is 15.5. The van der Waals surface area contributed by atoms with E-state index in [1.54, 1.807) is 18.3 Å². The number of carbonyl (C=O) groups is 3. The zero-order valence-electron chi connectivity index (χ0n) is 18.7. The van der Waals surface area contributed by atoms with Gasteiger partial charge in [-0.15, -0.1) is 0 Å². The Hall–Kier alpha value is -3.22. The fourth-order valence-corrected chi connectivity index (χ4v) is 4.54. The molecule has 0 spiro atoms. The zero-order chi connectivity index (χ0) is 22.7. The number of aromatic nitrogens is 1. The summed E-state index contributed by atoms with van der Waals surface area (Å²) in [5.74, 6) is 0.0825. The first-order valence-corrected chi connectivity index (χ1v) is 11.4. The molecular weight excluding hydrogens is 404 g/mol. The molecule has 32 heavy (non-hydrogen) atoms. The molecule has 2 aromatic rings. The van der Waals surface area contributed by atoms with Crippen LogP contribution in [0, 0.1) is 0 Å². The number of pyridine rings is 1. The number of nitrogens with one attached hydrogen (secondary N) is 1. The molecule has 1 aromatic heterocycles. The van der Waals surface area contributed by atoms with Gasteiger partial charge < -0.3 is 10.2 Å². The number of imide groups is 1. The SMILES string of the molecule is CC(C)c1ccc(N2C(=O)NC(CCC(=O)N3CCCCC3c3cccnc3)C2=O)cc1. The number of hydrogen-bond acceptors (Lipinski definition) is 4. The van der Waals surface area contributed by atoms with E-state index in [2.05, 4.69) is 24.1 Å². The van der Waals surface area contributed by atoms with Crippen LogP contribution in [0.1, 0.15) is 69.0 Å². The predicted molar refractivity (Wildman–Crippen MR) is 122 cm³/mol. The van der Waals surface area contributed by atoms with Crippen molar-refractivity contribution in [2.75, 3.05) is 11.4 Å². The maximum absolute atomic E-state index is 13.0. The topological polar surface area (TPSA) is 82.6 Å². The molecular formula is C25H30N4O3. The van der Waals surface area contributed by atoms with Crippen LogP contribution in [-0.4, -0.2) is 40.3 Å². The van der Waals surface area contributed by atoms with Crippen molar-refractivity contribution >= 4 is 23.5 Å². The highest BCUT2D eigenvalue weighted by atomic mass is 16.2. The van der Waals surface area contributed by atoms with Crippen LogP contribution in [0.2, 0.25) is 0 Å². The molecule has 0 saturated carbocycles. The zero-order valence-corrected chi connectivity index (χ0v) is 18.7. The number of carbonyl (C=O) groups excluding carboxylic acids is 3. The summed E-state index contributed by atoms with van der Waals surface area (Å²) in [6.07, 6.45) is 7.02. The predicted octanol–water partition coefficient (Wildman–Crippen LogP) is 4.16. The molecule has 168 valence electrons. The minimum Gasteiger partial charge on any atom is -0.336 e. The van der Waals surface area contributed by atoms with Crippen LogP contribution in [0.5, 0.6) is 0 Å². The van der Waals surface area contributed by atoms with Gasteiger partial charge in [0.25, 0.3) is 5.91 Å². The number of likely N-dealkylation sites (tertiary alicyclic amines) is 1. The smallest absolute Gasteiger partial charge is 0.329 e. The van der Waals surface area contributed by atoms with Gasteiger partial charge in [0.05, 0.1) is 11.7 Å². The Kier molecular flexibility index (Phi) is 6.53. The van der Waals surface area contributed by atoms with E-state index in [9.17, 15) is 14.4 Å². The maximum Gasteiger partial charge on any atom is 0.329 e. The van der Waals surface area contributed by atoms with Gasteiger partial charge >= 0.3 is 6.03 Å². The molecule has 1 aromatic carbocycles. The number of nitrogens with zero attached hydrogens (tertiary/aromatic N) is 3. The number of anilines is 1. The van der Waals surface area contributed by atoms with Crippen LogP contribution in [-0.2, 0) is 9.59 Å². The third kappa shape index (κ3) is 4.52. The molecule has 2 atom stereocenters. The summed E-state index contributed by atoms with van der Waals surface area (Å²) in [7, 11) is 0. The molecule has 0 bridgehead atoms. The van der Waals surface area contributed by atoms with Crippen molar-refractivity contribution in [2.24, 2.45) is 0 Å². The second kappa shape index (κ2) is 9.51. The largest absolute Gasteiger partial charge is 0.336 e. The normalized spacial score (nSPS) is 21.2. The van der Waals surface area contributed by atoms with Crippen molar-refractivity contribution in [3.63, 3.8) is 0 Å². The molecule has 1 N–H and O–H groups in total. The van der Waals surface area contributed by atoms with Gasteiger partial charge in [0.2, 0.25) is 5.91 Å². The Labute approximate surface area is 188 Å². The first-order valence-electron chi connectivity index (χ1n) is 11.4. The average molecular weight is 435 g/mol. The van der Waals surface area contributed by atoms with Crippen molar-refractivity contribution in [2.45, 2.75) is 64.0 Å². The monoisotopic (exact) mass is 434 g/mol. The summed E-state index contributed by atoms with van der Waals surface area (Å²) in [6, 6.07) is 10.3. The van der Waals surface area contributed by atoms with Gasteiger partial charge in [-0.05, 0) is 60.9 Å². The van der Waals surface area contributed by atoms with E-state index in [4.69, 9.17) is 0 Å². The highest BCUT2D eigenvalue weighted by molar-refractivity contribution is 6.21. The van der Waals surface area contributed by atoms with Crippen LogP contribution in [0.3, 0.4) is 0 Å². The lowest BCUT2D eigenvalue weighted by Crippen LogP contribution is -2.39. The summed E-state index contributed by atoms with van der Waals surface area (Å²) >= 11 is 0. The lowest BCUT2D eigenvalue weighted by molar-refractivity contribution is -0.135. The van der Waals surface area contributed by atoms with Gasteiger partial charge in [-0.1, -0.05) is 32.0 Å². The number of amides is 4. The molecule has 7 heteroatoms. The average Bonchev–Trinajstić information content (AvgIpc) is 3.11. The van der Waals surface area contributed by atoms with Crippen LogP contribution in [0.15, 0.2) is 48.8 Å². The van der Waals surface area contributed by atoms with E-state index in [0.717, 1.165) is 30.4 Å². The molecule has 0 aliphatic carbocycles. The molecule has 3 heterocycles. The minimum absolute atomic E-state index is 0.0142. The maximum atomic E-state index is 13.0. The van der Waals surface area contributed by atoms with Crippen molar-refractivity contribution in [1.82, 2.24) is 15.2 Å². The van der Waals surface area contributed by atoms with Crippen LogP contribution >= 0.6 is 0 Å². The molecule has 4 amide bonds. The summed E-state index contributed by atoms with van der Waals surface area (Å²) in [6.45, 7) is 4.89. The summed E-state index contributed by atoms with van der Waals surface area (Å²) in [5, 5.41) is 2.75. The van der Waals surface area contributed by atoms with E-state index in [1.807, 2.05) is 35.4 Å². The van der Waals surface area contributed by atoms with Gasteiger partial charge in [0.15, 0.2) is 0 Å². The molecule has 2 unspecified atom stereocenters. The van der Waals surface area contributed by atoms with Gasteiger partial charge in [-0.2, -0.15) is 0 Å². The summed E-state index contributed by atoms with van der Waals surface area (Å²) < 4.78 is 0. The second-order valence-electron chi connectivity index (χ2n) is 8.85. The lowest BCUT2D eigenvalue weighted by Gasteiger charge is -2.36. The molecule has 2 aliphatic heterocycles. The molecule has 7 nitrogen and oxygen atoms in total. The fraction of sp³-hybridized carbons (Fsp3) is 0.440. The van der Waals surface area contributed by atoms with Gasteiger partial charge in [-0.3, -0.25) is 14.6 Å². The first kappa shape index (κ1) is 22.0. The van der Waals surface area contributed by atoms with E-state index in [0.29, 0.717) is 24.6 Å². The molecule has 2 saturated heterocycles. The number of hydrogen-bond donors (Lipinski definition) is 1. The molecule has 0 radical (unpaired) electrons. The molecule has 2 fully saturated rings. The van der Waals surface area contributed by atoms with Gasteiger partial charge in [0.1, 0.15) is 6.04 Å². The Morgan fingerprint density at radius 2 is 1.94 bits per heavy atom. The Morgan fingerprint density at radius 3 is 2.62 bits per heavy atom. The Bertz CT molecular complexity index is 974. The van der Waals surface area contributed by atoms with Crippen molar-refractivity contribution in [3.05, 3.63) is 59.9 Å². The number of piperidine rings is 1. The third-order valence-corrected chi connectivity index (χ3v) is 6.38. The number of rotatable bonds is 6. The quantitative estimate of drug-likeness (QED) is 0.692. The van der Waals surface area contributed by atoms with E-state index >= 15 is 0 Å². The standard InChI is InChI=1S/C25H30N4O3/c1-17(2)18-8-10-20(11-9-18)29-24(31)21(27-25(29)32)12-13-23(30)28-15-4-3-7-22(28)19-6-5-14-26-16-19/h5-6,8-11,14,16-17,21-22H,3-4,7,12-13,15H2,1-2H3,(H,27,32).